The first-order chi connectivity index (χ1) is 12.1. The third-order valence-electron chi connectivity index (χ3n) is 4.22. The summed E-state index contributed by atoms with van der Waals surface area (Å²) in [5, 5.41) is 4.18. The largest absolute Gasteiger partial charge is 0.489 e. The zero-order chi connectivity index (χ0) is 17.6. The monoisotopic (exact) mass is 351 g/mol. The minimum Gasteiger partial charge on any atom is -0.489 e. The second kappa shape index (κ2) is 8.09. The van der Waals surface area contributed by atoms with Crippen LogP contribution in [0.4, 0.5) is 5.69 Å². The van der Waals surface area contributed by atoms with E-state index in [0.717, 1.165) is 28.6 Å². The first-order valence-corrected chi connectivity index (χ1v) is 8.76. The second-order valence-corrected chi connectivity index (χ2v) is 6.59. The van der Waals surface area contributed by atoms with Crippen molar-refractivity contribution >= 4 is 17.3 Å². The Bertz CT molecular complexity index is 860. The van der Waals surface area contributed by atoms with Gasteiger partial charge in [-0.1, -0.05) is 54.1 Å². The van der Waals surface area contributed by atoms with E-state index in [1.807, 2.05) is 49.4 Å². The summed E-state index contributed by atoms with van der Waals surface area (Å²) in [6.45, 7) is 5.41. The average molecular weight is 352 g/mol. The minimum atomic E-state index is 0.580. The summed E-state index contributed by atoms with van der Waals surface area (Å²) < 4.78 is 5.95. The Labute approximate surface area is 154 Å². The lowest BCUT2D eigenvalue weighted by Crippen LogP contribution is -2.01. The molecule has 0 aliphatic carbocycles. The molecule has 2 nitrogen and oxygen atoms in total. The van der Waals surface area contributed by atoms with Gasteiger partial charge < -0.3 is 10.1 Å². The van der Waals surface area contributed by atoms with Gasteiger partial charge in [-0.05, 0) is 60.4 Å². The smallest absolute Gasteiger partial charge is 0.120 e. The van der Waals surface area contributed by atoms with Crippen molar-refractivity contribution in [1.82, 2.24) is 0 Å². The summed E-state index contributed by atoms with van der Waals surface area (Å²) >= 11 is 6.17. The van der Waals surface area contributed by atoms with Crippen molar-refractivity contribution in [3.05, 3.63) is 94.0 Å². The van der Waals surface area contributed by atoms with Crippen LogP contribution in [-0.2, 0) is 13.2 Å². The van der Waals surface area contributed by atoms with Crippen molar-refractivity contribution in [3.63, 3.8) is 0 Å². The molecule has 0 radical (unpaired) electrons. The Kier molecular flexibility index (Phi) is 5.62. The van der Waals surface area contributed by atoms with Crippen LogP contribution in [-0.4, -0.2) is 0 Å². The van der Waals surface area contributed by atoms with Gasteiger partial charge in [-0.25, -0.2) is 0 Å². The molecular formula is C22H22ClNO. The molecular weight excluding hydrogens is 330 g/mol. The van der Waals surface area contributed by atoms with Crippen LogP contribution >= 0.6 is 11.6 Å². The summed E-state index contributed by atoms with van der Waals surface area (Å²) in [6.07, 6.45) is 0. The zero-order valence-electron chi connectivity index (χ0n) is 14.6. The van der Waals surface area contributed by atoms with E-state index in [4.69, 9.17) is 16.3 Å². The first kappa shape index (κ1) is 17.4. The van der Waals surface area contributed by atoms with Gasteiger partial charge in [-0.15, -0.1) is 0 Å². The highest BCUT2D eigenvalue weighted by Crippen LogP contribution is 2.21. The van der Waals surface area contributed by atoms with E-state index in [9.17, 15) is 0 Å². The lowest BCUT2D eigenvalue weighted by Gasteiger charge is -2.11. The number of ether oxygens (including phenoxy) is 1. The standard InChI is InChI=1S/C22H22ClNO/c1-16-6-3-4-8-19(16)15-25-21-9-5-7-18(12-21)14-24-20-11-10-17(2)22(23)13-20/h3-13,24H,14-15H2,1-2H3. The van der Waals surface area contributed by atoms with E-state index in [2.05, 4.69) is 36.5 Å². The van der Waals surface area contributed by atoms with Gasteiger partial charge in [-0.3, -0.25) is 0 Å². The van der Waals surface area contributed by atoms with Gasteiger partial charge in [0.2, 0.25) is 0 Å². The fourth-order valence-electron chi connectivity index (χ4n) is 2.59. The van der Waals surface area contributed by atoms with Crippen LogP contribution < -0.4 is 10.1 Å². The predicted molar refractivity (Wildman–Crippen MR) is 105 cm³/mol. The Balaban J connectivity index is 1.61. The molecule has 3 heteroatoms. The normalized spacial score (nSPS) is 10.5. The number of nitrogens with one attached hydrogen (secondary N) is 1. The third-order valence-corrected chi connectivity index (χ3v) is 4.63. The van der Waals surface area contributed by atoms with Gasteiger partial charge in [0.1, 0.15) is 12.4 Å². The number of hydrogen-bond donors (Lipinski definition) is 1. The van der Waals surface area contributed by atoms with E-state index in [1.54, 1.807) is 0 Å². The summed E-state index contributed by atoms with van der Waals surface area (Å²) in [6, 6.07) is 22.5. The fourth-order valence-corrected chi connectivity index (χ4v) is 2.77. The second-order valence-electron chi connectivity index (χ2n) is 6.18. The molecule has 0 spiro atoms. The molecule has 0 heterocycles. The Morgan fingerprint density at radius 3 is 2.52 bits per heavy atom. The topological polar surface area (TPSA) is 21.3 Å². The number of aryl methyl sites for hydroxylation is 2. The van der Waals surface area contributed by atoms with Crippen LogP contribution in [0.25, 0.3) is 0 Å². The minimum absolute atomic E-state index is 0.580. The van der Waals surface area contributed by atoms with Gasteiger partial charge >= 0.3 is 0 Å². The third kappa shape index (κ3) is 4.77. The van der Waals surface area contributed by atoms with E-state index < -0.39 is 0 Å². The molecule has 3 rings (SSSR count). The average Bonchev–Trinajstić information content (AvgIpc) is 2.62. The maximum Gasteiger partial charge on any atom is 0.120 e. The van der Waals surface area contributed by atoms with Crippen molar-refractivity contribution in [2.45, 2.75) is 27.0 Å². The molecule has 0 fully saturated rings. The molecule has 0 saturated carbocycles. The quantitative estimate of drug-likeness (QED) is 0.575. The summed E-state index contributed by atoms with van der Waals surface area (Å²) in [5.41, 5.74) is 5.72. The molecule has 3 aromatic rings. The Morgan fingerprint density at radius 2 is 1.72 bits per heavy atom. The van der Waals surface area contributed by atoms with Crippen molar-refractivity contribution < 1.29 is 4.74 Å². The molecule has 0 unspecified atom stereocenters. The van der Waals surface area contributed by atoms with Crippen molar-refractivity contribution in [3.8, 4) is 5.75 Å². The zero-order valence-corrected chi connectivity index (χ0v) is 15.3. The lowest BCUT2D eigenvalue weighted by atomic mass is 10.1. The predicted octanol–water partition coefficient (Wildman–Crippen LogP) is 6.15. The maximum absolute atomic E-state index is 6.17. The number of rotatable bonds is 6. The molecule has 128 valence electrons. The van der Waals surface area contributed by atoms with Crippen molar-refractivity contribution in [2.75, 3.05) is 5.32 Å². The van der Waals surface area contributed by atoms with Gasteiger partial charge in [0.25, 0.3) is 0 Å². The molecule has 0 aromatic heterocycles. The van der Waals surface area contributed by atoms with Crippen molar-refractivity contribution in [2.24, 2.45) is 0 Å². The molecule has 1 N–H and O–H groups in total. The van der Waals surface area contributed by atoms with Crippen LogP contribution in [0.5, 0.6) is 5.75 Å². The van der Waals surface area contributed by atoms with Gasteiger partial charge in [-0.2, -0.15) is 0 Å². The van der Waals surface area contributed by atoms with Gasteiger partial charge in [0.05, 0.1) is 0 Å². The number of halogens is 1. The van der Waals surface area contributed by atoms with E-state index in [1.165, 1.54) is 16.7 Å². The summed E-state index contributed by atoms with van der Waals surface area (Å²) in [4.78, 5) is 0. The van der Waals surface area contributed by atoms with Crippen LogP contribution in [0.15, 0.2) is 66.7 Å². The molecule has 25 heavy (non-hydrogen) atoms. The van der Waals surface area contributed by atoms with Crippen LogP contribution in [0.3, 0.4) is 0 Å². The molecule has 0 saturated heterocycles. The molecule has 0 aliphatic heterocycles. The molecule has 0 amide bonds. The van der Waals surface area contributed by atoms with Crippen LogP contribution in [0.1, 0.15) is 22.3 Å². The SMILES string of the molecule is Cc1ccc(NCc2cccc(OCc3ccccc3C)c2)cc1Cl. The molecule has 3 aromatic carbocycles. The number of hydrogen-bond acceptors (Lipinski definition) is 2. The highest BCUT2D eigenvalue weighted by Gasteiger charge is 2.02. The summed E-state index contributed by atoms with van der Waals surface area (Å²) in [5.74, 6) is 0.879. The Hall–Kier alpha value is -2.45. The fraction of sp³-hybridized carbons (Fsp3) is 0.182. The van der Waals surface area contributed by atoms with Crippen LogP contribution in [0.2, 0.25) is 5.02 Å². The highest BCUT2D eigenvalue weighted by atomic mass is 35.5. The summed E-state index contributed by atoms with van der Waals surface area (Å²) in [7, 11) is 0. The number of anilines is 1. The molecule has 0 atom stereocenters. The van der Waals surface area contributed by atoms with Crippen molar-refractivity contribution in [1.29, 1.82) is 0 Å². The van der Waals surface area contributed by atoms with E-state index in [0.29, 0.717) is 6.61 Å². The van der Waals surface area contributed by atoms with Crippen LogP contribution in [0, 0.1) is 13.8 Å². The first-order valence-electron chi connectivity index (χ1n) is 8.38. The van der Waals surface area contributed by atoms with Gasteiger partial charge in [0.15, 0.2) is 0 Å². The maximum atomic E-state index is 6.17. The van der Waals surface area contributed by atoms with E-state index >= 15 is 0 Å². The molecule has 0 bridgehead atoms. The number of benzene rings is 3. The lowest BCUT2D eigenvalue weighted by molar-refractivity contribution is 0.305. The highest BCUT2D eigenvalue weighted by molar-refractivity contribution is 6.31. The van der Waals surface area contributed by atoms with Gasteiger partial charge in [0, 0.05) is 17.3 Å². The van der Waals surface area contributed by atoms with E-state index in [-0.39, 0.29) is 0 Å². The molecule has 0 aliphatic rings. The Morgan fingerprint density at radius 1 is 0.880 bits per heavy atom.